The maximum Gasteiger partial charge on any atom is 0.325 e. The van der Waals surface area contributed by atoms with Crippen LogP contribution < -0.4 is 5.32 Å². The normalized spacial score (nSPS) is 24.2. The Kier molecular flexibility index (Phi) is 4.49. The van der Waals surface area contributed by atoms with Crippen LogP contribution in [0.3, 0.4) is 0 Å². The topological polar surface area (TPSA) is 69.7 Å². The highest BCUT2D eigenvalue weighted by Gasteiger charge is 2.50. The van der Waals surface area contributed by atoms with E-state index in [0.29, 0.717) is 23.7 Å². The van der Waals surface area contributed by atoms with Crippen molar-refractivity contribution >= 4 is 29.4 Å². The highest BCUT2D eigenvalue weighted by atomic mass is 35.5. The number of urea groups is 1. The largest absolute Gasteiger partial charge is 0.341 e. The zero-order valence-corrected chi connectivity index (χ0v) is 14.3. The van der Waals surface area contributed by atoms with Crippen LogP contribution in [0.15, 0.2) is 24.3 Å². The molecule has 7 heteroatoms. The van der Waals surface area contributed by atoms with Gasteiger partial charge in [-0.05, 0) is 32.3 Å². The summed E-state index contributed by atoms with van der Waals surface area (Å²) in [5.41, 5.74) is -0.727. The molecular formula is C17H20ClN3O3. The molecular weight excluding hydrogens is 330 g/mol. The third-order valence-corrected chi connectivity index (χ3v) is 5.02. The number of nitrogens with one attached hydrogen (secondary N) is 1. The molecule has 0 aliphatic carbocycles. The maximum atomic E-state index is 12.8. The van der Waals surface area contributed by atoms with Crippen molar-refractivity contribution in [1.29, 1.82) is 0 Å². The Balaban J connectivity index is 1.79. The van der Waals surface area contributed by atoms with Gasteiger partial charge in [-0.25, -0.2) is 4.79 Å². The Morgan fingerprint density at radius 1 is 1.21 bits per heavy atom. The summed E-state index contributed by atoms with van der Waals surface area (Å²) >= 11 is 6.18. The van der Waals surface area contributed by atoms with Crippen LogP contribution in [0.1, 0.15) is 31.7 Å². The Bertz CT molecular complexity index is 687. The summed E-state index contributed by atoms with van der Waals surface area (Å²) in [4.78, 5) is 40.2. The number of hydrogen-bond donors (Lipinski definition) is 1. The van der Waals surface area contributed by atoms with Crippen molar-refractivity contribution in [2.45, 2.75) is 31.7 Å². The first-order chi connectivity index (χ1) is 11.4. The molecule has 24 heavy (non-hydrogen) atoms. The molecule has 0 bridgehead atoms. The third-order valence-electron chi connectivity index (χ3n) is 4.69. The van der Waals surface area contributed by atoms with Crippen molar-refractivity contribution in [3.05, 3.63) is 34.9 Å². The van der Waals surface area contributed by atoms with Gasteiger partial charge in [0.2, 0.25) is 5.91 Å². The molecule has 128 valence electrons. The summed E-state index contributed by atoms with van der Waals surface area (Å²) < 4.78 is 0. The Morgan fingerprint density at radius 2 is 1.88 bits per heavy atom. The Labute approximate surface area is 145 Å². The molecule has 1 atom stereocenters. The quantitative estimate of drug-likeness (QED) is 0.850. The molecule has 0 unspecified atom stereocenters. The first-order valence-corrected chi connectivity index (χ1v) is 8.48. The van der Waals surface area contributed by atoms with Gasteiger partial charge in [0.25, 0.3) is 5.91 Å². The number of imide groups is 1. The lowest BCUT2D eigenvalue weighted by molar-refractivity contribution is -0.139. The van der Waals surface area contributed by atoms with E-state index in [1.807, 2.05) is 0 Å². The number of likely N-dealkylation sites (tertiary alicyclic amines) is 1. The average Bonchev–Trinajstić information content (AvgIpc) is 2.80. The van der Waals surface area contributed by atoms with Crippen LogP contribution in [0.4, 0.5) is 4.79 Å². The highest BCUT2D eigenvalue weighted by molar-refractivity contribution is 6.32. The number of rotatable bonds is 3. The molecule has 2 aliphatic rings. The molecule has 1 aromatic rings. The molecule has 2 fully saturated rings. The van der Waals surface area contributed by atoms with Gasteiger partial charge in [-0.1, -0.05) is 29.8 Å². The smallest absolute Gasteiger partial charge is 0.325 e. The van der Waals surface area contributed by atoms with E-state index in [4.69, 9.17) is 11.6 Å². The number of nitrogens with zero attached hydrogens (tertiary/aromatic N) is 2. The Hall–Kier alpha value is -2.08. The van der Waals surface area contributed by atoms with Gasteiger partial charge in [-0.15, -0.1) is 0 Å². The summed E-state index contributed by atoms with van der Waals surface area (Å²) in [6.07, 6.45) is 3.03. The highest BCUT2D eigenvalue weighted by Crippen LogP contribution is 2.33. The van der Waals surface area contributed by atoms with Gasteiger partial charge in [0.15, 0.2) is 0 Å². The number of halogens is 1. The predicted molar refractivity (Wildman–Crippen MR) is 89.5 cm³/mol. The third kappa shape index (κ3) is 2.86. The van der Waals surface area contributed by atoms with E-state index in [9.17, 15) is 14.4 Å². The molecule has 4 amide bonds. The average molecular weight is 350 g/mol. The van der Waals surface area contributed by atoms with E-state index in [2.05, 4.69) is 5.32 Å². The summed E-state index contributed by atoms with van der Waals surface area (Å²) in [6, 6.07) is 6.33. The second kappa shape index (κ2) is 6.43. The van der Waals surface area contributed by atoms with Crippen LogP contribution >= 0.6 is 11.6 Å². The fraction of sp³-hybridized carbons (Fsp3) is 0.471. The van der Waals surface area contributed by atoms with Crippen molar-refractivity contribution in [2.24, 2.45) is 0 Å². The van der Waals surface area contributed by atoms with E-state index in [1.54, 1.807) is 36.1 Å². The predicted octanol–water partition coefficient (Wildman–Crippen LogP) is 2.12. The lowest BCUT2D eigenvalue weighted by atomic mass is 9.92. The summed E-state index contributed by atoms with van der Waals surface area (Å²) in [5.74, 6) is -0.646. The number of carbonyl (C=O) groups is 3. The molecule has 0 spiro atoms. The first-order valence-electron chi connectivity index (χ1n) is 8.10. The monoisotopic (exact) mass is 349 g/mol. The van der Waals surface area contributed by atoms with Gasteiger partial charge in [0.05, 0.1) is 0 Å². The van der Waals surface area contributed by atoms with Crippen molar-refractivity contribution in [3.63, 3.8) is 0 Å². The van der Waals surface area contributed by atoms with E-state index in [0.717, 1.165) is 24.2 Å². The van der Waals surface area contributed by atoms with E-state index in [-0.39, 0.29) is 12.5 Å². The fourth-order valence-electron chi connectivity index (χ4n) is 3.27. The van der Waals surface area contributed by atoms with E-state index in [1.165, 1.54) is 0 Å². The van der Waals surface area contributed by atoms with Gasteiger partial charge in [0.1, 0.15) is 12.1 Å². The standard InChI is InChI=1S/C17H20ClN3O3/c1-17(12-7-3-4-8-13(12)18)15(23)21(16(24)19-17)11-14(22)20-9-5-2-6-10-20/h3-4,7-8H,2,5-6,9-11H2,1H3,(H,19,24)/t17-/m0/s1. The van der Waals surface area contributed by atoms with E-state index < -0.39 is 17.5 Å². The second-order valence-corrected chi connectivity index (χ2v) is 6.77. The number of hydrogen-bond acceptors (Lipinski definition) is 3. The van der Waals surface area contributed by atoms with Gasteiger partial charge in [0, 0.05) is 23.7 Å². The number of piperidine rings is 1. The number of benzene rings is 1. The second-order valence-electron chi connectivity index (χ2n) is 6.37. The minimum absolute atomic E-state index is 0.193. The summed E-state index contributed by atoms with van der Waals surface area (Å²) in [5, 5.41) is 3.08. The van der Waals surface area contributed by atoms with Crippen LogP contribution in [-0.2, 0) is 15.1 Å². The summed E-state index contributed by atoms with van der Waals surface area (Å²) in [6.45, 7) is 2.75. The van der Waals surface area contributed by atoms with Crippen molar-refractivity contribution in [1.82, 2.24) is 15.1 Å². The molecule has 6 nitrogen and oxygen atoms in total. The van der Waals surface area contributed by atoms with Crippen LogP contribution in [-0.4, -0.2) is 47.3 Å². The lowest BCUT2D eigenvalue weighted by Gasteiger charge is -2.28. The molecule has 1 N–H and O–H groups in total. The maximum absolute atomic E-state index is 12.8. The van der Waals surface area contributed by atoms with Crippen LogP contribution in [0.25, 0.3) is 0 Å². The van der Waals surface area contributed by atoms with Crippen LogP contribution in [0.5, 0.6) is 0 Å². The summed E-state index contributed by atoms with van der Waals surface area (Å²) in [7, 11) is 0. The number of carbonyl (C=O) groups excluding carboxylic acids is 3. The SMILES string of the molecule is C[C@@]1(c2ccccc2Cl)NC(=O)N(CC(=O)N2CCCCC2)C1=O. The zero-order valence-electron chi connectivity index (χ0n) is 13.5. The minimum atomic E-state index is -1.25. The van der Waals surface area contributed by atoms with Gasteiger partial charge >= 0.3 is 6.03 Å². The Morgan fingerprint density at radius 3 is 2.54 bits per heavy atom. The van der Waals surface area contributed by atoms with Crippen molar-refractivity contribution in [2.75, 3.05) is 19.6 Å². The van der Waals surface area contributed by atoms with Crippen molar-refractivity contribution < 1.29 is 14.4 Å². The van der Waals surface area contributed by atoms with E-state index >= 15 is 0 Å². The molecule has 0 radical (unpaired) electrons. The van der Waals surface area contributed by atoms with Crippen LogP contribution in [0, 0.1) is 0 Å². The van der Waals surface area contributed by atoms with Gasteiger partial charge < -0.3 is 10.2 Å². The lowest BCUT2D eigenvalue weighted by Crippen LogP contribution is -2.45. The molecule has 2 saturated heterocycles. The molecule has 2 aliphatic heterocycles. The van der Waals surface area contributed by atoms with Gasteiger partial charge in [-0.3, -0.25) is 14.5 Å². The molecule has 1 aromatic carbocycles. The molecule has 2 heterocycles. The van der Waals surface area contributed by atoms with Crippen LogP contribution in [0.2, 0.25) is 5.02 Å². The molecule has 0 saturated carbocycles. The molecule has 0 aromatic heterocycles. The molecule has 3 rings (SSSR count). The van der Waals surface area contributed by atoms with Crippen molar-refractivity contribution in [3.8, 4) is 0 Å². The number of amides is 4. The van der Waals surface area contributed by atoms with Gasteiger partial charge in [-0.2, -0.15) is 0 Å². The first kappa shape index (κ1) is 16.8. The minimum Gasteiger partial charge on any atom is -0.341 e. The fourth-order valence-corrected chi connectivity index (χ4v) is 3.59. The zero-order chi connectivity index (χ0) is 17.3.